The number of rotatable bonds is 3. The van der Waals surface area contributed by atoms with Crippen molar-refractivity contribution in [3.05, 3.63) is 29.0 Å². The molecular formula is C12H14ClNO2. The Bertz CT molecular complexity index is 507. The molecule has 3 nitrogen and oxygen atoms in total. The van der Waals surface area contributed by atoms with Crippen LogP contribution in [0.1, 0.15) is 18.4 Å². The molecule has 0 aliphatic rings. The van der Waals surface area contributed by atoms with Gasteiger partial charge in [-0.2, -0.15) is 0 Å². The Morgan fingerprint density at radius 3 is 2.94 bits per heavy atom. The molecule has 0 spiro atoms. The van der Waals surface area contributed by atoms with E-state index in [0.717, 1.165) is 16.5 Å². The number of benzene rings is 1. The molecule has 0 bridgehead atoms. The molecule has 86 valence electrons. The number of hydrogen-bond donors (Lipinski definition) is 1. The molecule has 1 aromatic carbocycles. The van der Waals surface area contributed by atoms with Crippen LogP contribution in [0.5, 0.6) is 5.75 Å². The molecule has 0 aliphatic carbocycles. The van der Waals surface area contributed by atoms with Crippen molar-refractivity contribution in [2.24, 2.45) is 5.73 Å². The second-order valence-corrected chi connectivity index (χ2v) is 4.16. The average molecular weight is 240 g/mol. The molecule has 0 saturated carbocycles. The van der Waals surface area contributed by atoms with E-state index in [2.05, 4.69) is 0 Å². The van der Waals surface area contributed by atoms with E-state index in [4.69, 9.17) is 26.5 Å². The van der Waals surface area contributed by atoms with Gasteiger partial charge in [0.2, 0.25) is 0 Å². The van der Waals surface area contributed by atoms with E-state index >= 15 is 0 Å². The lowest BCUT2D eigenvalue weighted by Crippen LogP contribution is -2.10. The number of halogens is 1. The first kappa shape index (κ1) is 11.3. The minimum atomic E-state index is 0.182. The lowest BCUT2D eigenvalue weighted by Gasteiger charge is -2.15. The Morgan fingerprint density at radius 2 is 2.31 bits per heavy atom. The second kappa shape index (κ2) is 4.36. The van der Waals surface area contributed by atoms with Gasteiger partial charge in [0, 0.05) is 10.9 Å². The van der Waals surface area contributed by atoms with Gasteiger partial charge >= 0.3 is 0 Å². The first-order chi connectivity index (χ1) is 7.69. The molecule has 0 amide bonds. The van der Waals surface area contributed by atoms with Gasteiger partial charge in [-0.05, 0) is 24.6 Å². The number of hydrogen-bond acceptors (Lipinski definition) is 3. The van der Waals surface area contributed by atoms with Gasteiger partial charge < -0.3 is 14.9 Å². The number of methoxy groups -OCH3 is 1. The lowest BCUT2D eigenvalue weighted by molar-refractivity contribution is 0.407. The number of fused-ring (bicyclic) bond motifs is 1. The fourth-order valence-electron chi connectivity index (χ4n) is 1.77. The first-order valence-electron chi connectivity index (χ1n) is 5.12. The molecule has 1 aromatic heterocycles. The van der Waals surface area contributed by atoms with Crippen molar-refractivity contribution in [3.63, 3.8) is 0 Å². The highest BCUT2D eigenvalue weighted by Gasteiger charge is 2.17. The van der Waals surface area contributed by atoms with E-state index in [1.54, 1.807) is 13.4 Å². The molecule has 0 aliphatic heterocycles. The van der Waals surface area contributed by atoms with Crippen molar-refractivity contribution < 1.29 is 9.15 Å². The molecular weight excluding hydrogens is 226 g/mol. The maximum atomic E-state index is 6.26. The summed E-state index contributed by atoms with van der Waals surface area (Å²) in [6.07, 6.45) is 1.62. The van der Waals surface area contributed by atoms with E-state index in [1.165, 1.54) is 0 Å². The summed E-state index contributed by atoms with van der Waals surface area (Å²) in [5.41, 5.74) is 7.42. The highest BCUT2D eigenvalue weighted by atomic mass is 35.5. The monoisotopic (exact) mass is 239 g/mol. The van der Waals surface area contributed by atoms with Crippen molar-refractivity contribution in [2.75, 3.05) is 13.7 Å². The average Bonchev–Trinajstić information content (AvgIpc) is 2.76. The van der Waals surface area contributed by atoms with Gasteiger partial charge in [0.15, 0.2) is 0 Å². The van der Waals surface area contributed by atoms with Gasteiger partial charge in [-0.3, -0.25) is 0 Å². The zero-order valence-corrected chi connectivity index (χ0v) is 10.0. The third kappa shape index (κ3) is 1.66. The quantitative estimate of drug-likeness (QED) is 0.895. The smallest absolute Gasteiger partial charge is 0.141 e. The van der Waals surface area contributed by atoms with Gasteiger partial charge in [-0.25, -0.2) is 0 Å². The van der Waals surface area contributed by atoms with E-state index in [0.29, 0.717) is 17.3 Å². The van der Waals surface area contributed by atoms with Crippen LogP contribution >= 0.6 is 11.6 Å². The van der Waals surface area contributed by atoms with Crippen LogP contribution in [0, 0.1) is 0 Å². The molecule has 0 radical (unpaired) electrons. The summed E-state index contributed by atoms with van der Waals surface area (Å²) in [6.45, 7) is 2.57. The van der Waals surface area contributed by atoms with Crippen LogP contribution in [-0.2, 0) is 0 Å². The first-order valence-corrected chi connectivity index (χ1v) is 5.50. The second-order valence-electron chi connectivity index (χ2n) is 3.78. The van der Waals surface area contributed by atoms with Gasteiger partial charge in [0.1, 0.15) is 11.3 Å². The highest BCUT2D eigenvalue weighted by Crippen LogP contribution is 2.39. The van der Waals surface area contributed by atoms with Crippen molar-refractivity contribution in [1.82, 2.24) is 0 Å². The van der Waals surface area contributed by atoms with Crippen molar-refractivity contribution in [1.29, 1.82) is 0 Å². The van der Waals surface area contributed by atoms with Gasteiger partial charge in [0.25, 0.3) is 0 Å². The number of furan rings is 1. The van der Waals surface area contributed by atoms with Gasteiger partial charge in [0.05, 0.1) is 18.4 Å². The van der Waals surface area contributed by atoms with Crippen molar-refractivity contribution >= 4 is 22.6 Å². The minimum absolute atomic E-state index is 0.182. The zero-order chi connectivity index (χ0) is 11.7. The van der Waals surface area contributed by atoms with E-state index in [9.17, 15) is 0 Å². The molecule has 2 N–H and O–H groups in total. The van der Waals surface area contributed by atoms with Crippen molar-refractivity contribution in [3.8, 4) is 5.75 Å². The molecule has 0 saturated heterocycles. The molecule has 1 atom stereocenters. The summed E-state index contributed by atoms with van der Waals surface area (Å²) < 4.78 is 10.7. The van der Waals surface area contributed by atoms with Crippen LogP contribution in [0.2, 0.25) is 5.02 Å². The lowest BCUT2D eigenvalue weighted by atomic mass is 9.99. The summed E-state index contributed by atoms with van der Waals surface area (Å²) in [5.74, 6) is 0.871. The summed E-state index contributed by atoms with van der Waals surface area (Å²) in [7, 11) is 1.61. The summed E-state index contributed by atoms with van der Waals surface area (Å²) >= 11 is 6.26. The molecule has 0 fully saturated rings. The third-order valence-electron chi connectivity index (χ3n) is 2.77. The minimum Gasteiger partial charge on any atom is -0.495 e. The third-order valence-corrected chi connectivity index (χ3v) is 3.14. The summed E-state index contributed by atoms with van der Waals surface area (Å²) in [5, 5.41) is 1.45. The molecule has 16 heavy (non-hydrogen) atoms. The highest BCUT2D eigenvalue weighted by molar-refractivity contribution is 6.37. The van der Waals surface area contributed by atoms with Crippen LogP contribution in [-0.4, -0.2) is 13.7 Å². The van der Waals surface area contributed by atoms with Gasteiger partial charge in [-0.1, -0.05) is 18.5 Å². The standard InChI is InChI=1S/C12H14ClNO2/c1-7(6-14)9-5-10-8(3-4-16-10)11(13)12(9)15-2/h3-5,7H,6,14H2,1-2H3. The van der Waals surface area contributed by atoms with Crippen LogP contribution in [0.3, 0.4) is 0 Å². The molecule has 1 unspecified atom stereocenters. The molecule has 4 heteroatoms. The number of nitrogens with two attached hydrogens (primary N) is 1. The van der Waals surface area contributed by atoms with Crippen LogP contribution in [0.25, 0.3) is 11.0 Å². The van der Waals surface area contributed by atoms with Crippen molar-refractivity contribution in [2.45, 2.75) is 12.8 Å². The van der Waals surface area contributed by atoms with E-state index in [1.807, 2.05) is 19.1 Å². The van der Waals surface area contributed by atoms with E-state index in [-0.39, 0.29) is 5.92 Å². The fourth-order valence-corrected chi connectivity index (χ4v) is 2.11. The maximum Gasteiger partial charge on any atom is 0.141 e. The molecule has 2 aromatic rings. The number of ether oxygens (including phenoxy) is 1. The largest absolute Gasteiger partial charge is 0.495 e. The van der Waals surface area contributed by atoms with Crippen LogP contribution < -0.4 is 10.5 Å². The normalized spacial score (nSPS) is 13.0. The Kier molecular flexibility index (Phi) is 3.08. The Balaban J connectivity index is 2.71. The summed E-state index contributed by atoms with van der Waals surface area (Å²) in [6, 6.07) is 3.77. The fraction of sp³-hybridized carbons (Fsp3) is 0.333. The van der Waals surface area contributed by atoms with Gasteiger partial charge in [-0.15, -0.1) is 0 Å². The maximum absolute atomic E-state index is 6.26. The Morgan fingerprint density at radius 1 is 1.56 bits per heavy atom. The zero-order valence-electron chi connectivity index (χ0n) is 9.29. The predicted molar refractivity (Wildman–Crippen MR) is 65.2 cm³/mol. The van der Waals surface area contributed by atoms with E-state index < -0.39 is 0 Å². The predicted octanol–water partition coefficient (Wildman–Crippen LogP) is 3.16. The molecule has 1 heterocycles. The van der Waals surface area contributed by atoms with Crippen LogP contribution in [0.4, 0.5) is 0 Å². The SMILES string of the molecule is COc1c(C(C)CN)cc2occc2c1Cl. The molecule has 2 rings (SSSR count). The Hall–Kier alpha value is -1.19. The Labute approximate surface area is 99.1 Å². The topological polar surface area (TPSA) is 48.4 Å². The van der Waals surface area contributed by atoms with Crippen LogP contribution in [0.15, 0.2) is 22.8 Å². The summed E-state index contributed by atoms with van der Waals surface area (Å²) in [4.78, 5) is 0.